The fourth-order valence-electron chi connectivity index (χ4n) is 2.69. The number of aliphatic hydroxyl groups is 1. The molecule has 2 atom stereocenters. The molecule has 0 aromatic heterocycles. The van der Waals surface area contributed by atoms with Gasteiger partial charge in [0.15, 0.2) is 5.78 Å². The Morgan fingerprint density at radius 1 is 1.29 bits per heavy atom. The Morgan fingerprint density at radius 3 is 2.71 bits per heavy atom. The molecular weight excluding hydrogens is 312 g/mol. The molecule has 0 radical (unpaired) electrons. The molecule has 0 aliphatic heterocycles. The van der Waals surface area contributed by atoms with Crippen molar-refractivity contribution in [1.29, 1.82) is 0 Å². The average Bonchev–Trinajstić information content (AvgIpc) is 2.54. The minimum atomic E-state index is -0.945. The molecule has 6 heteroatoms. The minimum Gasteiger partial charge on any atom is -0.511 e. The van der Waals surface area contributed by atoms with Crippen molar-refractivity contribution in [3.63, 3.8) is 0 Å². The van der Waals surface area contributed by atoms with Crippen LogP contribution in [0.3, 0.4) is 0 Å². The van der Waals surface area contributed by atoms with Gasteiger partial charge in [0, 0.05) is 24.8 Å². The highest BCUT2D eigenvalue weighted by atomic mass is 16.5. The third kappa shape index (κ3) is 4.01. The van der Waals surface area contributed by atoms with Crippen molar-refractivity contribution < 1.29 is 29.0 Å². The molecule has 1 N–H and O–H groups in total. The van der Waals surface area contributed by atoms with Gasteiger partial charge in [-0.25, -0.2) is 0 Å². The van der Waals surface area contributed by atoms with E-state index in [4.69, 9.17) is 9.47 Å². The van der Waals surface area contributed by atoms with Gasteiger partial charge in [-0.2, -0.15) is 0 Å². The summed E-state index contributed by atoms with van der Waals surface area (Å²) in [5, 5.41) is 10.1. The summed E-state index contributed by atoms with van der Waals surface area (Å²) >= 11 is 0. The molecule has 1 aliphatic rings. The van der Waals surface area contributed by atoms with E-state index in [1.807, 2.05) is 0 Å². The maximum atomic E-state index is 12.2. The van der Waals surface area contributed by atoms with E-state index in [1.54, 1.807) is 38.1 Å². The molecular formula is C18H20O6. The van der Waals surface area contributed by atoms with Gasteiger partial charge in [0.05, 0.1) is 6.61 Å². The summed E-state index contributed by atoms with van der Waals surface area (Å²) < 4.78 is 10.2. The zero-order valence-electron chi connectivity index (χ0n) is 13.7. The molecule has 0 saturated heterocycles. The number of carbonyl (C=O) groups is 3. The third-order valence-electron chi connectivity index (χ3n) is 3.80. The van der Waals surface area contributed by atoms with Crippen LogP contribution in [0.4, 0.5) is 0 Å². The van der Waals surface area contributed by atoms with E-state index in [-0.39, 0.29) is 37.0 Å². The van der Waals surface area contributed by atoms with E-state index in [0.29, 0.717) is 11.3 Å². The molecule has 0 amide bonds. The number of carbonyl (C=O) groups excluding carboxylic acids is 3. The number of ketones is 1. The monoisotopic (exact) mass is 332 g/mol. The highest BCUT2D eigenvalue weighted by Gasteiger charge is 2.39. The first-order valence-electron chi connectivity index (χ1n) is 7.86. The van der Waals surface area contributed by atoms with E-state index in [9.17, 15) is 19.5 Å². The summed E-state index contributed by atoms with van der Waals surface area (Å²) in [6.45, 7) is 3.54. The molecule has 0 fully saturated rings. The number of benzene rings is 1. The van der Waals surface area contributed by atoms with Crippen molar-refractivity contribution in [2.75, 3.05) is 6.61 Å². The van der Waals surface area contributed by atoms with Gasteiger partial charge in [-0.15, -0.1) is 0 Å². The fourth-order valence-corrected chi connectivity index (χ4v) is 2.69. The summed E-state index contributed by atoms with van der Waals surface area (Å²) in [4.78, 5) is 35.4. The van der Waals surface area contributed by atoms with Crippen LogP contribution in [0.25, 0.3) is 0 Å². The second-order valence-electron chi connectivity index (χ2n) is 5.48. The Labute approximate surface area is 140 Å². The number of hydrogen-bond acceptors (Lipinski definition) is 6. The molecule has 128 valence electrons. The van der Waals surface area contributed by atoms with E-state index < -0.39 is 17.8 Å². The zero-order chi connectivity index (χ0) is 17.7. The van der Waals surface area contributed by atoms with Crippen LogP contribution in [0.15, 0.2) is 36.1 Å². The van der Waals surface area contributed by atoms with E-state index in [2.05, 4.69) is 0 Å². The molecule has 6 nitrogen and oxygen atoms in total. The number of rotatable bonds is 5. The van der Waals surface area contributed by atoms with Crippen LogP contribution in [-0.4, -0.2) is 29.4 Å². The predicted molar refractivity (Wildman–Crippen MR) is 85.6 cm³/mol. The van der Waals surface area contributed by atoms with Crippen LogP contribution in [-0.2, 0) is 19.1 Å². The number of allylic oxidation sites excluding steroid dienone is 1. The number of aliphatic hydroxyl groups excluding tert-OH is 1. The van der Waals surface area contributed by atoms with Crippen LogP contribution >= 0.6 is 0 Å². The topological polar surface area (TPSA) is 89.9 Å². The van der Waals surface area contributed by atoms with Gasteiger partial charge in [-0.1, -0.05) is 19.1 Å². The normalized spacial score (nSPS) is 20.2. The highest BCUT2D eigenvalue weighted by Crippen LogP contribution is 2.38. The lowest BCUT2D eigenvalue weighted by atomic mass is 9.77. The zero-order valence-corrected chi connectivity index (χ0v) is 13.7. The van der Waals surface area contributed by atoms with Gasteiger partial charge >= 0.3 is 11.9 Å². The highest BCUT2D eigenvalue weighted by molar-refractivity contribution is 5.94. The maximum Gasteiger partial charge on any atom is 0.317 e. The lowest BCUT2D eigenvalue weighted by Crippen LogP contribution is -2.31. The number of ether oxygens (including phenoxy) is 2. The summed E-state index contributed by atoms with van der Waals surface area (Å²) in [5.74, 6) is -2.71. The average molecular weight is 332 g/mol. The van der Waals surface area contributed by atoms with Crippen LogP contribution in [0, 0.1) is 5.92 Å². The van der Waals surface area contributed by atoms with Gasteiger partial charge in [-0.3, -0.25) is 14.4 Å². The van der Waals surface area contributed by atoms with Crippen molar-refractivity contribution in [3.8, 4) is 5.75 Å². The molecule has 0 spiro atoms. The van der Waals surface area contributed by atoms with E-state index >= 15 is 0 Å². The first-order valence-corrected chi connectivity index (χ1v) is 7.86. The summed E-state index contributed by atoms with van der Waals surface area (Å²) in [6, 6.07) is 6.63. The lowest BCUT2D eigenvalue weighted by Gasteiger charge is -2.28. The Hall–Kier alpha value is -2.63. The fraction of sp³-hybridized carbons (Fsp3) is 0.389. The van der Waals surface area contributed by atoms with Gasteiger partial charge in [0.25, 0.3) is 0 Å². The predicted octanol–water partition coefficient (Wildman–Crippen LogP) is 2.68. The SMILES string of the molecule is CCOC(=O)C1C(O)=CC(=O)CC1c1cccc(OC(=O)CC)c1. The second kappa shape index (κ2) is 7.77. The van der Waals surface area contributed by atoms with Crippen LogP contribution in [0.2, 0.25) is 0 Å². The van der Waals surface area contributed by atoms with Gasteiger partial charge < -0.3 is 14.6 Å². The quantitative estimate of drug-likeness (QED) is 0.658. The van der Waals surface area contributed by atoms with E-state index in [0.717, 1.165) is 6.08 Å². The summed E-state index contributed by atoms with van der Waals surface area (Å²) in [5.41, 5.74) is 0.627. The van der Waals surface area contributed by atoms with Crippen molar-refractivity contribution in [2.45, 2.75) is 32.6 Å². The van der Waals surface area contributed by atoms with E-state index in [1.165, 1.54) is 0 Å². The standard InChI is InChI=1S/C18H20O6/c1-3-16(21)24-13-7-5-6-11(8-13)14-9-12(19)10-15(20)17(14)18(22)23-4-2/h5-8,10,14,17,20H,3-4,9H2,1-2H3. The second-order valence-corrected chi connectivity index (χ2v) is 5.48. The molecule has 0 heterocycles. The smallest absolute Gasteiger partial charge is 0.317 e. The number of esters is 2. The Morgan fingerprint density at radius 2 is 2.04 bits per heavy atom. The Balaban J connectivity index is 2.35. The van der Waals surface area contributed by atoms with Gasteiger partial charge in [-0.05, 0) is 24.6 Å². The molecule has 24 heavy (non-hydrogen) atoms. The first-order chi connectivity index (χ1) is 11.5. The maximum absolute atomic E-state index is 12.2. The van der Waals surface area contributed by atoms with Crippen LogP contribution in [0.1, 0.15) is 38.2 Å². The Kier molecular flexibility index (Phi) is 5.73. The molecule has 1 aliphatic carbocycles. The Bertz CT molecular complexity index is 676. The van der Waals surface area contributed by atoms with Crippen molar-refractivity contribution in [2.24, 2.45) is 5.92 Å². The van der Waals surface area contributed by atoms with Gasteiger partial charge in [0.2, 0.25) is 0 Å². The largest absolute Gasteiger partial charge is 0.511 e. The van der Waals surface area contributed by atoms with Crippen LogP contribution < -0.4 is 4.74 Å². The molecule has 0 saturated carbocycles. The van der Waals surface area contributed by atoms with Crippen molar-refractivity contribution in [1.82, 2.24) is 0 Å². The third-order valence-corrected chi connectivity index (χ3v) is 3.80. The minimum absolute atomic E-state index is 0.0682. The molecule has 0 bridgehead atoms. The summed E-state index contributed by atoms with van der Waals surface area (Å²) in [7, 11) is 0. The van der Waals surface area contributed by atoms with Gasteiger partial charge in [0.1, 0.15) is 17.4 Å². The molecule has 2 rings (SSSR count). The summed E-state index contributed by atoms with van der Waals surface area (Å²) in [6.07, 6.45) is 1.37. The first kappa shape index (κ1) is 17.7. The number of hydrogen-bond donors (Lipinski definition) is 1. The molecule has 2 unspecified atom stereocenters. The lowest BCUT2D eigenvalue weighted by molar-refractivity contribution is -0.149. The molecule has 1 aromatic rings. The molecule has 1 aromatic carbocycles. The van der Waals surface area contributed by atoms with Crippen molar-refractivity contribution >= 4 is 17.7 Å². The van der Waals surface area contributed by atoms with Crippen molar-refractivity contribution in [3.05, 3.63) is 41.7 Å². The van der Waals surface area contributed by atoms with Crippen LogP contribution in [0.5, 0.6) is 5.75 Å².